The molecule has 0 aliphatic carbocycles. The molecule has 0 unspecified atom stereocenters. The summed E-state index contributed by atoms with van der Waals surface area (Å²) in [5.74, 6) is -0.442. The summed E-state index contributed by atoms with van der Waals surface area (Å²) in [7, 11) is -2.68. The Hall–Kier alpha value is -3.38. The molecule has 2 amide bonds. The van der Waals surface area contributed by atoms with E-state index in [1.54, 1.807) is 37.4 Å². The van der Waals surface area contributed by atoms with E-state index in [4.69, 9.17) is 9.47 Å². The van der Waals surface area contributed by atoms with Gasteiger partial charge >= 0.3 is 10.2 Å². The van der Waals surface area contributed by atoms with Gasteiger partial charge in [0.25, 0.3) is 5.91 Å². The molecule has 0 saturated carbocycles. The van der Waals surface area contributed by atoms with Crippen molar-refractivity contribution in [2.24, 2.45) is 5.92 Å². The van der Waals surface area contributed by atoms with Crippen LogP contribution in [0.4, 0.5) is 10.1 Å². The molecule has 10 nitrogen and oxygen atoms in total. The molecule has 0 spiro atoms. The molecule has 12 heteroatoms. The normalized spacial score (nSPS) is 17.6. The van der Waals surface area contributed by atoms with E-state index in [-0.39, 0.29) is 24.0 Å². The fraction of sp³-hybridized carbons (Fsp3) is 0.462. The van der Waals surface area contributed by atoms with Crippen LogP contribution < -0.4 is 18.5 Å². The summed E-state index contributed by atoms with van der Waals surface area (Å²) in [5.41, 5.74) is 1.04. The van der Waals surface area contributed by atoms with Gasteiger partial charge in [-0.25, -0.2) is 13.4 Å². The number of carbonyl (C=O) groups excluding carboxylic acids is 2. The molecule has 2 saturated heterocycles. The van der Waals surface area contributed by atoms with Crippen LogP contribution in [0.25, 0.3) is 0 Å². The van der Waals surface area contributed by atoms with Crippen LogP contribution in [0.1, 0.15) is 31.4 Å². The molecule has 2 aliphatic heterocycles. The van der Waals surface area contributed by atoms with Gasteiger partial charge in [0, 0.05) is 39.1 Å². The van der Waals surface area contributed by atoms with Crippen molar-refractivity contribution in [1.82, 2.24) is 14.5 Å². The average molecular weight is 549 g/mol. The highest BCUT2D eigenvalue weighted by atomic mass is 32.2. The summed E-state index contributed by atoms with van der Waals surface area (Å²) in [6, 6.07) is 9.97. The lowest BCUT2D eigenvalue weighted by Gasteiger charge is -2.35. The lowest BCUT2D eigenvalue weighted by molar-refractivity contribution is -0.133. The second-order valence-electron chi connectivity index (χ2n) is 9.85. The highest BCUT2D eigenvalue weighted by Gasteiger charge is 2.38. The summed E-state index contributed by atoms with van der Waals surface area (Å²) >= 11 is 0. The SMILES string of the molecule is COc1ccc(COc2cc(CN3CCN(C(=O)CC(C)C)CC3)cc(F)c2N2CC(=O)NS2(=O)=O)cc1. The zero-order valence-electron chi connectivity index (χ0n) is 21.8. The monoisotopic (exact) mass is 548 g/mol. The molecule has 38 heavy (non-hydrogen) atoms. The Morgan fingerprint density at radius 2 is 1.76 bits per heavy atom. The molecule has 2 aromatic rings. The number of carbonyl (C=O) groups is 2. The fourth-order valence-corrected chi connectivity index (χ4v) is 5.66. The van der Waals surface area contributed by atoms with Gasteiger partial charge in [0.05, 0.1) is 7.11 Å². The van der Waals surface area contributed by atoms with Crippen LogP contribution in [-0.2, 0) is 33.0 Å². The highest BCUT2D eigenvalue weighted by Crippen LogP contribution is 2.36. The third-order valence-corrected chi connectivity index (χ3v) is 7.80. The molecule has 1 N–H and O–H groups in total. The predicted octanol–water partition coefficient (Wildman–Crippen LogP) is 2.28. The number of ether oxygens (including phenoxy) is 2. The van der Waals surface area contributed by atoms with Crippen molar-refractivity contribution in [2.75, 3.05) is 44.1 Å². The molecule has 2 fully saturated rings. The summed E-state index contributed by atoms with van der Waals surface area (Å²) < 4.78 is 54.1. The molecule has 206 valence electrons. The van der Waals surface area contributed by atoms with Crippen LogP contribution in [0.2, 0.25) is 0 Å². The average Bonchev–Trinajstić information content (AvgIpc) is 3.14. The van der Waals surface area contributed by atoms with Crippen LogP contribution in [0.5, 0.6) is 11.5 Å². The standard InChI is InChI=1S/C26H33FN4O6S/c1-18(2)12-25(33)30-10-8-29(9-11-30)15-20-13-22(27)26(31-16-24(32)28-38(31,34)35)23(14-20)37-17-19-4-6-21(36-3)7-5-19/h4-7,13-14,18H,8-12,15-17H2,1-3H3,(H,28,32). The number of nitrogens with one attached hydrogen (secondary N) is 1. The fourth-order valence-electron chi connectivity index (χ4n) is 4.49. The van der Waals surface area contributed by atoms with E-state index in [2.05, 4.69) is 4.90 Å². The number of halogens is 1. The van der Waals surface area contributed by atoms with E-state index in [1.807, 2.05) is 23.5 Å². The van der Waals surface area contributed by atoms with Gasteiger partial charge in [0.1, 0.15) is 30.3 Å². The molecular formula is C26H33FN4O6S. The topological polar surface area (TPSA) is 108 Å². The van der Waals surface area contributed by atoms with Gasteiger partial charge in [-0.15, -0.1) is 0 Å². The Labute approximate surface area is 222 Å². The third-order valence-electron chi connectivity index (χ3n) is 6.43. The molecule has 0 atom stereocenters. The van der Waals surface area contributed by atoms with Gasteiger partial charge in [-0.3, -0.25) is 14.5 Å². The zero-order chi connectivity index (χ0) is 27.4. The van der Waals surface area contributed by atoms with Crippen molar-refractivity contribution in [2.45, 2.75) is 33.4 Å². The van der Waals surface area contributed by atoms with E-state index in [0.29, 0.717) is 60.7 Å². The Morgan fingerprint density at radius 1 is 1.08 bits per heavy atom. The summed E-state index contributed by atoms with van der Waals surface area (Å²) in [4.78, 5) is 28.2. The Bertz CT molecular complexity index is 1280. The molecule has 0 radical (unpaired) electrons. The highest BCUT2D eigenvalue weighted by molar-refractivity contribution is 7.92. The minimum Gasteiger partial charge on any atom is -0.497 e. The number of nitrogens with zero attached hydrogens (tertiary/aromatic N) is 3. The largest absolute Gasteiger partial charge is 0.497 e. The van der Waals surface area contributed by atoms with Crippen LogP contribution in [0, 0.1) is 11.7 Å². The number of hydrogen-bond acceptors (Lipinski definition) is 7. The van der Waals surface area contributed by atoms with E-state index >= 15 is 4.39 Å². The molecule has 0 bridgehead atoms. The molecule has 2 aromatic carbocycles. The van der Waals surface area contributed by atoms with E-state index < -0.39 is 28.5 Å². The maximum atomic E-state index is 15.5. The van der Waals surface area contributed by atoms with Gasteiger partial charge in [-0.1, -0.05) is 26.0 Å². The van der Waals surface area contributed by atoms with Gasteiger partial charge in [0.15, 0.2) is 5.82 Å². The molecule has 0 aromatic heterocycles. The van der Waals surface area contributed by atoms with E-state index in [9.17, 15) is 18.0 Å². The summed E-state index contributed by atoms with van der Waals surface area (Å²) in [6.45, 7) is 6.38. The van der Waals surface area contributed by atoms with E-state index in [1.165, 1.54) is 6.07 Å². The van der Waals surface area contributed by atoms with Crippen LogP contribution in [-0.4, -0.2) is 69.9 Å². The molecular weight excluding hydrogens is 515 g/mol. The molecule has 4 rings (SSSR count). The van der Waals surface area contributed by atoms with Gasteiger partial charge in [-0.2, -0.15) is 8.42 Å². The van der Waals surface area contributed by atoms with Crippen molar-refractivity contribution >= 4 is 27.7 Å². The van der Waals surface area contributed by atoms with Crippen LogP contribution in [0.15, 0.2) is 36.4 Å². The quantitative estimate of drug-likeness (QED) is 0.512. The van der Waals surface area contributed by atoms with Gasteiger partial charge < -0.3 is 14.4 Å². The maximum absolute atomic E-state index is 15.5. The second-order valence-corrected chi connectivity index (χ2v) is 11.4. The first-order valence-corrected chi connectivity index (χ1v) is 13.9. The van der Waals surface area contributed by atoms with Crippen molar-refractivity contribution < 1.29 is 31.9 Å². The predicted molar refractivity (Wildman–Crippen MR) is 139 cm³/mol. The summed E-state index contributed by atoms with van der Waals surface area (Å²) in [5, 5.41) is 0. The number of benzene rings is 2. The van der Waals surface area contributed by atoms with E-state index in [0.717, 1.165) is 5.56 Å². The number of rotatable bonds is 9. The van der Waals surface area contributed by atoms with Crippen molar-refractivity contribution in [3.8, 4) is 11.5 Å². The number of anilines is 1. The van der Waals surface area contributed by atoms with Gasteiger partial charge in [-0.05, 0) is 41.3 Å². The Kier molecular flexibility index (Phi) is 8.41. The van der Waals surface area contributed by atoms with Crippen LogP contribution >= 0.6 is 0 Å². The van der Waals surface area contributed by atoms with Gasteiger partial charge in [0.2, 0.25) is 5.91 Å². The number of piperazine rings is 1. The van der Waals surface area contributed by atoms with Crippen molar-refractivity contribution in [3.05, 3.63) is 53.3 Å². The molecule has 2 heterocycles. The number of hydrogen-bond donors (Lipinski definition) is 1. The lowest BCUT2D eigenvalue weighted by Crippen LogP contribution is -2.48. The summed E-state index contributed by atoms with van der Waals surface area (Å²) in [6.07, 6.45) is 0.512. The smallest absolute Gasteiger partial charge is 0.326 e. The first-order valence-electron chi connectivity index (χ1n) is 12.5. The Morgan fingerprint density at radius 3 is 2.34 bits per heavy atom. The maximum Gasteiger partial charge on any atom is 0.326 e. The van der Waals surface area contributed by atoms with Crippen LogP contribution in [0.3, 0.4) is 0 Å². The second kappa shape index (κ2) is 11.6. The first-order chi connectivity index (χ1) is 18.1. The molecule has 2 aliphatic rings. The minimum atomic E-state index is -4.24. The minimum absolute atomic E-state index is 0.0154. The third kappa shape index (κ3) is 6.54. The zero-order valence-corrected chi connectivity index (χ0v) is 22.6. The first kappa shape index (κ1) is 27.6. The lowest BCUT2D eigenvalue weighted by atomic mass is 10.1. The number of amides is 2. The Balaban J connectivity index is 1.54. The van der Waals surface area contributed by atoms with Crippen molar-refractivity contribution in [1.29, 1.82) is 0 Å². The van der Waals surface area contributed by atoms with Crippen molar-refractivity contribution in [3.63, 3.8) is 0 Å². The number of methoxy groups -OCH3 is 1.